The maximum absolute atomic E-state index is 13.8. The van der Waals surface area contributed by atoms with E-state index in [-0.39, 0.29) is 23.7 Å². The monoisotopic (exact) mass is 451 g/mol. The summed E-state index contributed by atoms with van der Waals surface area (Å²) in [6, 6.07) is 23.0. The summed E-state index contributed by atoms with van der Waals surface area (Å²) < 4.78 is 5.27. The van der Waals surface area contributed by atoms with Crippen molar-refractivity contribution in [2.45, 2.75) is 31.6 Å². The topological polar surface area (TPSA) is 63.7 Å². The van der Waals surface area contributed by atoms with E-state index in [2.05, 4.69) is 24.3 Å². The van der Waals surface area contributed by atoms with Gasteiger partial charge in [-0.2, -0.15) is 0 Å². The van der Waals surface area contributed by atoms with Crippen LogP contribution >= 0.6 is 0 Å². The second-order valence-corrected chi connectivity index (χ2v) is 9.31. The molecule has 1 heterocycles. The first-order chi connectivity index (χ1) is 16.6. The van der Waals surface area contributed by atoms with Crippen LogP contribution in [0.25, 0.3) is 0 Å². The molecule has 5 heteroatoms. The zero-order chi connectivity index (χ0) is 23.4. The average molecular weight is 452 g/mol. The quantitative estimate of drug-likeness (QED) is 0.310. The van der Waals surface area contributed by atoms with Crippen LogP contribution < -0.4 is 4.90 Å². The van der Waals surface area contributed by atoms with Gasteiger partial charge < -0.3 is 4.74 Å². The fraction of sp³-hybridized carbons (Fsp3) is 0.276. The van der Waals surface area contributed by atoms with E-state index in [4.69, 9.17) is 4.74 Å². The molecule has 170 valence electrons. The van der Waals surface area contributed by atoms with Crippen molar-refractivity contribution in [3.05, 3.63) is 101 Å². The molecule has 0 saturated carbocycles. The minimum absolute atomic E-state index is 0.128. The maximum Gasteiger partial charge on any atom is 0.338 e. The van der Waals surface area contributed by atoms with Crippen LogP contribution in [0, 0.1) is 11.8 Å². The number of rotatable bonds is 5. The zero-order valence-electron chi connectivity index (χ0n) is 18.9. The molecule has 0 radical (unpaired) electrons. The maximum atomic E-state index is 13.8. The highest BCUT2D eigenvalue weighted by Crippen LogP contribution is 2.61. The summed E-state index contributed by atoms with van der Waals surface area (Å²) in [5.41, 5.74) is 5.53. The number of benzene rings is 3. The lowest BCUT2D eigenvalue weighted by Crippen LogP contribution is -2.41. The third-order valence-electron chi connectivity index (χ3n) is 7.54. The lowest BCUT2D eigenvalue weighted by atomic mass is 9.55. The van der Waals surface area contributed by atoms with Gasteiger partial charge in [-0.3, -0.25) is 9.59 Å². The Morgan fingerprint density at radius 1 is 0.765 bits per heavy atom. The van der Waals surface area contributed by atoms with Crippen LogP contribution in [0.2, 0.25) is 0 Å². The molecule has 0 aromatic heterocycles. The van der Waals surface area contributed by atoms with Gasteiger partial charge >= 0.3 is 5.97 Å². The van der Waals surface area contributed by atoms with Crippen molar-refractivity contribution in [2.75, 3.05) is 11.5 Å². The van der Waals surface area contributed by atoms with E-state index in [1.807, 2.05) is 31.2 Å². The van der Waals surface area contributed by atoms with Gasteiger partial charge in [0.15, 0.2) is 0 Å². The van der Waals surface area contributed by atoms with Gasteiger partial charge in [-0.25, -0.2) is 9.69 Å². The van der Waals surface area contributed by atoms with Gasteiger partial charge in [0, 0.05) is 11.8 Å². The van der Waals surface area contributed by atoms with Gasteiger partial charge in [0.05, 0.1) is 29.7 Å². The standard InChI is InChI=1S/C29H25NO4/c1-2-3-16-34-29(33)17-12-14-18(15-13-17)30-27(31)25-23-19-8-4-5-9-20(19)24(26(25)28(30)32)22-11-7-6-10-21(22)23/h4-15,23-26H,2-3,16H2,1H3/t23?,24?,25-,26-/m0/s1. The van der Waals surface area contributed by atoms with Crippen molar-refractivity contribution in [1.29, 1.82) is 0 Å². The largest absolute Gasteiger partial charge is 0.462 e. The van der Waals surface area contributed by atoms with Gasteiger partial charge in [0.1, 0.15) is 0 Å². The Hall–Kier alpha value is -3.73. The molecular weight excluding hydrogens is 426 g/mol. The number of hydrogen-bond donors (Lipinski definition) is 0. The van der Waals surface area contributed by atoms with Crippen molar-refractivity contribution in [3.63, 3.8) is 0 Å². The molecule has 7 rings (SSSR count). The number of carbonyl (C=O) groups excluding carboxylic acids is 3. The van der Waals surface area contributed by atoms with Crippen molar-refractivity contribution < 1.29 is 19.1 Å². The van der Waals surface area contributed by atoms with E-state index in [1.54, 1.807) is 24.3 Å². The number of amides is 2. The van der Waals surface area contributed by atoms with Crippen LogP contribution in [-0.2, 0) is 14.3 Å². The Labute approximate surface area is 198 Å². The molecule has 2 bridgehead atoms. The molecule has 1 fully saturated rings. The Morgan fingerprint density at radius 3 is 1.68 bits per heavy atom. The lowest BCUT2D eigenvalue weighted by Gasteiger charge is -2.45. The fourth-order valence-corrected chi connectivity index (χ4v) is 6.07. The first-order valence-corrected chi connectivity index (χ1v) is 11.9. The molecule has 3 aliphatic carbocycles. The SMILES string of the molecule is CCCCOC(=O)c1ccc(N2C(=O)[C@H]3C4c5ccccc5C(c5ccccc54)[C@@H]3C2=O)cc1. The summed E-state index contributed by atoms with van der Waals surface area (Å²) in [5, 5.41) is 0. The molecule has 2 atom stereocenters. The molecule has 2 amide bonds. The van der Waals surface area contributed by atoms with Gasteiger partial charge in [-0.15, -0.1) is 0 Å². The molecule has 1 aliphatic heterocycles. The Morgan fingerprint density at radius 2 is 1.24 bits per heavy atom. The summed E-state index contributed by atoms with van der Waals surface area (Å²) in [6.45, 7) is 2.42. The molecule has 34 heavy (non-hydrogen) atoms. The summed E-state index contributed by atoms with van der Waals surface area (Å²) in [6.07, 6.45) is 1.76. The molecule has 0 N–H and O–H groups in total. The number of anilines is 1. The molecule has 1 saturated heterocycles. The number of nitrogens with zero attached hydrogens (tertiary/aromatic N) is 1. The van der Waals surface area contributed by atoms with E-state index < -0.39 is 17.8 Å². The number of imide groups is 1. The average Bonchev–Trinajstić information content (AvgIpc) is 3.14. The number of ether oxygens (including phenoxy) is 1. The first-order valence-electron chi connectivity index (χ1n) is 11.9. The van der Waals surface area contributed by atoms with Gasteiger partial charge in [0.2, 0.25) is 11.8 Å². The van der Waals surface area contributed by atoms with Crippen LogP contribution in [0.5, 0.6) is 0 Å². The van der Waals surface area contributed by atoms with E-state index in [9.17, 15) is 14.4 Å². The minimum Gasteiger partial charge on any atom is -0.462 e. The molecule has 4 aliphatic rings. The highest BCUT2D eigenvalue weighted by Gasteiger charge is 2.61. The van der Waals surface area contributed by atoms with E-state index in [0.717, 1.165) is 35.1 Å². The molecule has 5 nitrogen and oxygen atoms in total. The molecular formula is C29H25NO4. The summed E-state index contributed by atoms with van der Waals surface area (Å²) >= 11 is 0. The van der Waals surface area contributed by atoms with Crippen LogP contribution in [-0.4, -0.2) is 24.4 Å². The molecule has 3 aromatic rings. The van der Waals surface area contributed by atoms with Crippen LogP contribution in [0.3, 0.4) is 0 Å². The lowest BCUT2D eigenvalue weighted by molar-refractivity contribution is -0.122. The smallest absolute Gasteiger partial charge is 0.338 e. The highest BCUT2D eigenvalue weighted by molar-refractivity contribution is 6.23. The summed E-state index contributed by atoms with van der Waals surface area (Å²) in [5.74, 6) is -1.80. The van der Waals surface area contributed by atoms with Crippen LogP contribution in [0.1, 0.15) is 64.2 Å². The van der Waals surface area contributed by atoms with Crippen LogP contribution in [0.4, 0.5) is 5.69 Å². The summed E-state index contributed by atoms with van der Waals surface area (Å²) in [4.78, 5) is 41.1. The van der Waals surface area contributed by atoms with Gasteiger partial charge in [-0.1, -0.05) is 61.9 Å². The number of unbranched alkanes of at least 4 members (excludes halogenated alkanes) is 1. The fourth-order valence-electron chi connectivity index (χ4n) is 6.07. The van der Waals surface area contributed by atoms with Gasteiger partial charge in [0.25, 0.3) is 0 Å². The zero-order valence-corrected chi connectivity index (χ0v) is 18.9. The van der Waals surface area contributed by atoms with E-state index in [1.165, 1.54) is 4.90 Å². The van der Waals surface area contributed by atoms with Crippen molar-refractivity contribution in [1.82, 2.24) is 0 Å². The molecule has 0 spiro atoms. The van der Waals surface area contributed by atoms with Crippen molar-refractivity contribution in [2.24, 2.45) is 11.8 Å². The Kier molecular flexibility index (Phi) is 4.87. The van der Waals surface area contributed by atoms with Crippen LogP contribution in [0.15, 0.2) is 72.8 Å². The molecule has 0 unspecified atom stereocenters. The van der Waals surface area contributed by atoms with E-state index >= 15 is 0 Å². The van der Waals surface area contributed by atoms with Crippen molar-refractivity contribution >= 4 is 23.5 Å². The Balaban J connectivity index is 1.36. The third kappa shape index (κ3) is 2.89. The first kappa shape index (κ1) is 20.8. The predicted molar refractivity (Wildman–Crippen MR) is 128 cm³/mol. The van der Waals surface area contributed by atoms with Gasteiger partial charge in [-0.05, 0) is 52.9 Å². The Bertz CT molecular complexity index is 1200. The van der Waals surface area contributed by atoms with E-state index in [0.29, 0.717) is 17.9 Å². The third-order valence-corrected chi connectivity index (χ3v) is 7.54. The highest BCUT2D eigenvalue weighted by atomic mass is 16.5. The minimum atomic E-state index is -0.416. The second-order valence-electron chi connectivity index (χ2n) is 9.31. The number of hydrogen-bond acceptors (Lipinski definition) is 4. The second kappa shape index (κ2) is 7.94. The van der Waals surface area contributed by atoms with Crippen molar-refractivity contribution in [3.8, 4) is 0 Å². The number of carbonyl (C=O) groups is 3. The normalized spacial score (nSPS) is 24.0. The summed E-state index contributed by atoms with van der Waals surface area (Å²) in [7, 11) is 0. The molecule has 3 aromatic carbocycles. The number of esters is 1. The predicted octanol–water partition coefficient (Wildman–Crippen LogP) is 5.04.